The molecule has 0 bridgehead atoms. The quantitative estimate of drug-likeness (QED) is 0.218. The fourth-order valence-corrected chi connectivity index (χ4v) is 1.20. The lowest BCUT2D eigenvalue weighted by Crippen LogP contribution is -1.93. The summed E-state index contributed by atoms with van der Waals surface area (Å²) in [5.41, 5.74) is 0.500. The summed E-state index contributed by atoms with van der Waals surface area (Å²) in [6.45, 7) is 52.3. The maximum absolute atomic E-state index is 2.28. The predicted molar refractivity (Wildman–Crippen MR) is 229 cm³/mol. The molecule has 0 aliphatic heterocycles. The highest BCUT2D eigenvalue weighted by atomic mass is 14.2. The van der Waals surface area contributed by atoms with Crippen LogP contribution in [-0.4, -0.2) is 0 Å². The van der Waals surface area contributed by atoms with E-state index in [-0.39, 0.29) is 7.43 Å². The maximum Gasteiger partial charge on any atom is -0.0411 e. The Balaban J connectivity index is -0.0000000382. The van der Waals surface area contributed by atoms with Crippen molar-refractivity contribution in [2.24, 2.45) is 29.1 Å². The Labute approximate surface area is 298 Å². The lowest BCUT2D eigenvalue weighted by molar-refractivity contribution is 0.469. The summed E-state index contributed by atoms with van der Waals surface area (Å²) < 4.78 is 0. The zero-order valence-corrected chi connectivity index (χ0v) is 37.4. The first-order valence-corrected chi connectivity index (χ1v) is 20.3. The van der Waals surface area contributed by atoms with E-state index in [0.717, 1.165) is 23.7 Å². The molecule has 1 fully saturated rings. The van der Waals surface area contributed by atoms with Crippen molar-refractivity contribution in [3.05, 3.63) is 0 Å². The minimum Gasteiger partial charge on any atom is -0.0776 e. The number of hydrogen-bond donors (Lipinski definition) is 0. The summed E-state index contributed by atoms with van der Waals surface area (Å²) in [6, 6.07) is 0. The van der Waals surface area contributed by atoms with E-state index in [1.165, 1.54) is 96.3 Å². The van der Waals surface area contributed by atoms with E-state index in [9.17, 15) is 0 Å². The summed E-state index contributed by atoms with van der Waals surface area (Å²) >= 11 is 0. The molecule has 0 atom stereocenters. The Morgan fingerprint density at radius 2 is 0.622 bits per heavy atom. The first kappa shape index (κ1) is 71.1. The second kappa shape index (κ2) is 74.7. The van der Waals surface area contributed by atoms with Gasteiger partial charge in [0.15, 0.2) is 0 Å². The van der Waals surface area contributed by atoms with Gasteiger partial charge < -0.3 is 0 Å². The third-order valence-electron chi connectivity index (χ3n) is 4.91. The minimum atomic E-state index is 0. The molecule has 1 aliphatic rings. The molecule has 0 saturated heterocycles. The first-order valence-electron chi connectivity index (χ1n) is 20.3. The van der Waals surface area contributed by atoms with Crippen molar-refractivity contribution in [3.8, 4) is 0 Å². The number of unbranched alkanes of at least 4 members (excludes halogenated alkanes) is 7. The van der Waals surface area contributed by atoms with Gasteiger partial charge in [-0.2, -0.15) is 0 Å². The highest BCUT2D eigenvalue weighted by Gasteiger charge is 2.12. The highest BCUT2D eigenvalue weighted by molar-refractivity contribution is 4.65. The summed E-state index contributed by atoms with van der Waals surface area (Å²) in [4.78, 5) is 0. The van der Waals surface area contributed by atoms with Crippen LogP contribution in [0.25, 0.3) is 0 Å². The first-order chi connectivity index (χ1) is 20.3. The van der Waals surface area contributed by atoms with Gasteiger partial charge in [0, 0.05) is 0 Å². The highest BCUT2D eigenvalue weighted by Crippen LogP contribution is 2.26. The molecule has 0 unspecified atom stereocenters. The van der Waals surface area contributed by atoms with Crippen LogP contribution in [0.3, 0.4) is 0 Å². The Morgan fingerprint density at radius 1 is 0.467 bits per heavy atom. The second-order valence-electron chi connectivity index (χ2n) is 15.1. The van der Waals surface area contributed by atoms with Gasteiger partial charge in [0.2, 0.25) is 0 Å². The average molecular weight is 651 g/mol. The predicted octanol–water partition coefficient (Wildman–Crippen LogP) is 19.3. The van der Waals surface area contributed by atoms with Gasteiger partial charge in [0.1, 0.15) is 0 Å². The maximum atomic E-state index is 2.28. The van der Waals surface area contributed by atoms with Crippen molar-refractivity contribution in [3.63, 3.8) is 0 Å². The number of hydrogen-bond acceptors (Lipinski definition) is 0. The molecule has 1 rings (SSSR count). The fraction of sp³-hybridized carbons (Fsp3) is 1.00. The van der Waals surface area contributed by atoms with E-state index in [1.54, 1.807) is 0 Å². The molecule has 0 aromatic carbocycles. The molecule has 0 aromatic heterocycles. The number of rotatable bonds is 9. The van der Waals surface area contributed by atoms with Crippen molar-refractivity contribution in [1.82, 2.24) is 0 Å². The normalized spacial score (nSPS) is 10.2. The van der Waals surface area contributed by atoms with E-state index in [4.69, 9.17) is 0 Å². The van der Waals surface area contributed by atoms with Crippen LogP contribution in [-0.2, 0) is 0 Å². The van der Waals surface area contributed by atoms with Gasteiger partial charge in [-0.3, -0.25) is 0 Å². The topological polar surface area (TPSA) is 0 Å². The molecular weight excluding hydrogens is 540 g/mol. The van der Waals surface area contributed by atoms with Crippen LogP contribution in [0.4, 0.5) is 0 Å². The van der Waals surface area contributed by atoms with Crippen LogP contribution in [0.15, 0.2) is 0 Å². The van der Waals surface area contributed by atoms with Gasteiger partial charge in [-0.15, -0.1) is 0 Å². The Hall–Kier alpha value is 0. The molecule has 0 N–H and O–H groups in total. The monoisotopic (exact) mass is 651 g/mol. The van der Waals surface area contributed by atoms with Crippen LogP contribution >= 0.6 is 0 Å². The molecule has 0 spiro atoms. The summed E-state index contributed by atoms with van der Waals surface area (Å²) in [5, 5.41) is 0. The Kier molecular flexibility index (Phi) is 118. The van der Waals surface area contributed by atoms with Gasteiger partial charge in [-0.1, -0.05) is 270 Å². The average Bonchev–Trinajstić information content (AvgIpc) is 3.73. The lowest BCUT2D eigenvalue weighted by atomic mass is 10.0. The molecule has 0 amide bonds. The van der Waals surface area contributed by atoms with Crippen LogP contribution in [0.1, 0.15) is 270 Å². The van der Waals surface area contributed by atoms with E-state index >= 15 is 0 Å². The smallest absolute Gasteiger partial charge is 0.0411 e. The summed E-state index contributed by atoms with van der Waals surface area (Å²) in [5.74, 6) is 3.69. The third kappa shape index (κ3) is 396. The largest absolute Gasteiger partial charge is 0.0776 e. The molecule has 0 nitrogen and oxygen atoms in total. The molecule has 1 aliphatic carbocycles. The van der Waals surface area contributed by atoms with E-state index in [2.05, 4.69) is 152 Å². The molecule has 1 saturated carbocycles. The van der Waals surface area contributed by atoms with Crippen molar-refractivity contribution in [2.45, 2.75) is 270 Å². The van der Waals surface area contributed by atoms with Crippen LogP contribution in [0.2, 0.25) is 0 Å². The van der Waals surface area contributed by atoms with Crippen molar-refractivity contribution in [2.75, 3.05) is 0 Å². The van der Waals surface area contributed by atoms with E-state index in [0.29, 0.717) is 5.41 Å². The molecule has 45 heavy (non-hydrogen) atoms. The van der Waals surface area contributed by atoms with Crippen molar-refractivity contribution >= 4 is 0 Å². The van der Waals surface area contributed by atoms with Gasteiger partial charge in [-0.25, -0.2) is 0 Å². The molecule has 0 radical (unpaired) electrons. The standard InChI is InChI=1S/C7H16.4C5H12.C4H8.2C4H10.C3H8.C2H6.CH4/c1-3-5-7-6-4-2;1-5(2,3)4;2*1-4-5(2)3;1-3-5-4-2;1-4-2-3-4;1-4(2)3;1-3-4-2;1-3-2;1-2;/h3-7H2,1-2H3;1-4H3;2*5H,4H2,1-3H3;3-5H2,1-2H3;4H,2-3H2,1H3;4H,1-3H3;3-4H2,1-2H3;3H2,1-2H3;1-2H3;1H4. The summed E-state index contributed by atoms with van der Waals surface area (Å²) in [7, 11) is 0. The SMILES string of the molecule is C.CC.CC(C)(C)C.CC(C)C.CC1CC1.CCC.CCC(C)C.CCC(C)C.CCCC.CCCCC.CCCCCCC. The van der Waals surface area contributed by atoms with E-state index in [1.807, 2.05) is 13.8 Å². The van der Waals surface area contributed by atoms with Crippen LogP contribution in [0.5, 0.6) is 0 Å². The van der Waals surface area contributed by atoms with Gasteiger partial charge in [0.05, 0.1) is 0 Å². The summed E-state index contributed by atoms with van der Waals surface area (Å²) in [6.07, 6.45) is 20.6. The molecule has 0 heteroatoms. The second-order valence-corrected chi connectivity index (χ2v) is 15.1. The van der Waals surface area contributed by atoms with Crippen LogP contribution < -0.4 is 0 Å². The van der Waals surface area contributed by atoms with Crippen molar-refractivity contribution in [1.29, 1.82) is 0 Å². The molecule has 0 aromatic rings. The Morgan fingerprint density at radius 3 is 0.667 bits per heavy atom. The Bertz CT molecular complexity index is 289. The van der Waals surface area contributed by atoms with Crippen LogP contribution in [0, 0.1) is 29.1 Å². The zero-order chi connectivity index (χ0) is 37.4. The van der Waals surface area contributed by atoms with Crippen molar-refractivity contribution < 1.29 is 0 Å². The fourth-order valence-electron chi connectivity index (χ4n) is 1.20. The van der Waals surface area contributed by atoms with Gasteiger partial charge >= 0.3 is 0 Å². The molecule has 0 heterocycles. The zero-order valence-electron chi connectivity index (χ0n) is 37.4. The van der Waals surface area contributed by atoms with Gasteiger partial charge in [-0.05, 0) is 29.1 Å². The molecular formula is C45H110. The minimum absolute atomic E-state index is 0. The lowest BCUT2D eigenvalue weighted by Gasteiger charge is -2.05. The van der Waals surface area contributed by atoms with Gasteiger partial charge in [0.25, 0.3) is 0 Å². The third-order valence-corrected chi connectivity index (χ3v) is 4.91. The molecule has 290 valence electrons. The van der Waals surface area contributed by atoms with E-state index < -0.39 is 0 Å².